The van der Waals surface area contributed by atoms with Gasteiger partial charge in [-0.3, -0.25) is 9.69 Å². The van der Waals surface area contributed by atoms with Gasteiger partial charge in [0.1, 0.15) is 5.75 Å². The van der Waals surface area contributed by atoms with Gasteiger partial charge in [-0.1, -0.05) is 71.7 Å². The molecule has 1 amide bonds. The first-order valence-electron chi connectivity index (χ1n) is 13.2. The summed E-state index contributed by atoms with van der Waals surface area (Å²) in [5.41, 5.74) is 1.96. The Balaban J connectivity index is 1.48. The third-order valence-corrected chi connectivity index (χ3v) is 8.04. The van der Waals surface area contributed by atoms with Gasteiger partial charge < -0.3 is 15.2 Å². The van der Waals surface area contributed by atoms with Crippen molar-refractivity contribution in [3.05, 3.63) is 99.5 Å². The molecule has 0 bridgehead atoms. The summed E-state index contributed by atoms with van der Waals surface area (Å²) in [6, 6.07) is 23.0. The average Bonchev–Trinajstić information content (AvgIpc) is 2.91. The van der Waals surface area contributed by atoms with E-state index in [0.29, 0.717) is 42.5 Å². The minimum atomic E-state index is -0.860. The predicted molar refractivity (Wildman–Crippen MR) is 154 cm³/mol. The molecule has 2 N–H and O–H groups in total. The van der Waals surface area contributed by atoms with Crippen molar-refractivity contribution < 1.29 is 14.6 Å². The zero-order valence-electron chi connectivity index (χ0n) is 22.2. The molecule has 202 valence electrons. The summed E-state index contributed by atoms with van der Waals surface area (Å²) in [5, 5.41) is 15.5. The molecule has 2 atom stereocenters. The maximum atomic E-state index is 13.2. The Labute approximate surface area is 235 Å². The van der Waals surface area contributed by atoms with Crippen molar-refractivity contribution in [1.82, 2.24) is 10.2 Å². The number of benzene rings is 3. The van der Waals surface area contributed by atoms with Crippen LogP contribution >= 0.6 is 23.2 Å². The molecule has 1 heterocycles. The monoisotopic (exact) mass is 554 g/mol. The second-order valence-electron chi connectivity index (χ2n) is 10.3. The predicted octanol–water partition coefficient (Wildman–Crippen LogP) is 6.73. The second kappa shape index (κ2) is 12.5. The molecule has 1 fully saturated rings. The number of halogens is 2. The lowest BCUT2D eigenvalue weighted by molar-refractivity contribution is -0.122. The standard InChI is InChI=1S/C31H36Cl2N2O3/c1-21(2)38-26-11-7-8-23(18-26)22(3)30(36)34-20-29(24-12-13-27(32)28(33)19-24)35-16-14-31(37,15-17-35)25-9-5-4-6-10-25/h4-13,18-19,21-22,29,37H,14-17,20H2,1-3H3,(H,34,36). The Hall–Kier alpha value is -2.57. The number of piperidine rings is 1. The van der Waals surface area contributed by atoms with Gasteiger partial charge in [0.15, 0.2) is 0 Å². The lowest BCUT2D eigenvalue weighted by Crippen LogP contribution is -2.47. The molecule has 0 radical (unpaired) electrons. The van der Waals surface area contributed by atoms with E-state index in [1.807, 2.05) is 87.5 Å². The van der Waals surface area contributed by atoms with Crippen molar-refractivity contribution in [2.24, 2.45) is 0 Å². The van der Waals surface area contributed by atoms with E-state index in [-0.39, 0.29) is 24.0 Å². The molecule has 0 spiro atoms. The first-order valence-corrected chi connectivity index (χ1v) is 13.9. The van der Waals surface area contributed by atoms with Gasteiger partial charge >= 0.3 is 0 Å². The molecule has 1 aliphatic heterocycles. The molecule has 7 heteroatoms. The maximum Gasteiger partial charge on any atom is 0.227 e. The highest BCUT2D eigenvalue weighted by Crippen LogP contribution is 2.37. The number of ether oxygens (including phenoxy) is 1. The fourth-order valence-corrected chi connectivity index (χ4v) is 5.36. The number of amides is 1. The first kappa shape index (κ1) is 28.4. The van der Waals surface area contributed by atoms with Crippen molar-refractivity contribution in [2.75, 3.05) is 19.6 Å². The highest BCUT2D eigenvalue weighted by Gasteiger charge is 2.36. The number of carbonyl (C=O) groups is 1. The minimum Gasteiger partial charge on any atom is -0.491 e. The molecule has 2 unspecified atom stereocenters. The van der Waals surface area contributed by atoms with Crippen LogP contribution in [0.25, 0.3) is 0 Å². The summed E-state index contributed by atoms with van der Waals surface area (Å²) < 4.78 is 5.81. The second-order valence-corrected chi connectivity index (χ2v) is 11.1. The van der Waals surface area contributed by atoms with Crippen LogP contribution in [-0.2, 0) is 10.4 Å². The largest absolute Gasteiger partial charge is 0.491 e. The van der Waals surface area contributed by atoms with Crippen LogP contribution in [0.3, 0.4) is 0 Å². The molecule has 0 aliphatic carbocycles. The third-order valence-electron chi connectivity index (χ3n) is 7.30. The maximum absolute atomic E-state index is 13.2. The van der Waals surface area contributed by atoms with E-state index in [4.69, 9.17) is 27.9 Å². The molecule has 0 saturated carbocycles. The van der Waals surface area contributed by atoms with Crippen molar-refractivity contribution in [1.29, 1.82) is 0 Å². The van der Waals surface area contributed by atoms with Crippen molar-refractivity contribution in [3.63, 3.8) is 0 Å². The van der Waals surface area contributed by atoms with E-state index < -0.39 is 5.60 Å². The fourth-order valence-electron chi connectivity index (χ4n) is 5.05. The van der Waals surface area contributed by atoms with Gasteiger partial charge in [-0.05, 0) is 74.6 Å². The molecule has 0 aromatic heterocycles. The summed E-state index contributed by atoms with van der Waals surface area (Å²) in [4.78, 5) is 15.6. The molecule has 1 aliphatic rings. The zero-order chi connectivity index (χ0) is 27.3. The molecule has 3 aromatic carbocycles. The van der Waals surface area contributed by atoms with E-state index in [0.717, 1.165) is 22.4 Å². The topological polar surface area (TPSA) is 61.8 Å². The number of nitrogens with one attached hydrogen (secondary N) is 1. The number of nitrogens with zero attached hydrogens (tertiary/aromatic N) is 1. The summed E-state index contributed by atoms with van der Waals surface area (Å²) >= 11 is 12.6. The molecule has 38 heavy (non-hydrogen) atoms. The van der Waals surface area contributed by atoms with E-state index >= 15 is 0 Å². The third kappa shape index (κ3) is 6.89. The molecule has 4 rings (SSSR count). The van der Waals surface area contributed by atoms with Gasteiger partial charge in [0.05, 0.1) is 33.7 Å². The van der Waals surface area contributed by atoms with Crippen LogP contribution < -0.4 is 10.1 Å². The van der Waals surface area contributed by atoms with Gasteiger partial charge in [0.2, 0.25) is 5.91 Å². The Morgan fingerprint density at radius 1 is 0.947 bits per heavy atom. The van der Waals surface area contributed by atoms with Crippen molar-refractivity contribution in [3.8, 4) is 5.75 Å². The molecule has 5 nitrogen and oxygen atoms in total. The molecule has 3 aromatic rings. The molecular formula is C31H36Cl2N2O3. The number of aliphatic hydroxyl groups is 1. The van der Waals surface area contributed by atoms with Crippen LogP contribution in [0.15, 0.2) is 72.8 Å². The SMILES string of the molecule is CC(C)Oc1cccc(C(C)C(=O)NCC(c2ccc(Cl)c(Cl)c2)N2CCC(O)(c3ccccc3)CC2)c1. The summed E-state index contributed by atoms with van der Waals surface area (Å²) in [5.74, 6) is 0.351. The lowest BCUT2D eigenvalue weighted by atomic mass is 9.83. The van der Waals surface area contributed by atoms with Gasteiger partial charge in [-0.25, -0.2) is 0 Å². The highest BCUT2D eigenvalue weighted by atomic mass is 35.5. The van der Waals surface area contributed by atoms with Crippen molar-refractivity contribution >= 4 is 29.1 Å². The molecular weight excluding hydrogens is 519 g/mol. The molecule has 1 saturated heterocycles. The number of carbonyl (C=O) groups excluding carboxylic acids is 1. The minimum absolute atomic E-state index is 0.0606. The van der Waals surface area contributed by atoms with E-state index in [2.05, 4.69) is 10.2 Å². The van der Waals surface area contributed by atoms with Crippen LogP contribution in [0.1, 0.15) is 62.3 Å². The van der Waals surface area contributed by atoms with Gasteiger partial charge in [-0.2, -0.15) is 0 Å². The smallest absolute Gasteiger partial charge is 0.227 e. The average molecular weight is 556 g/mol. The zero-order valence-corrected chi connectivity index (χ0v) is 23.7. The fraction of sp³-hybridized carbons (Fsp3) is 0.387. The quantitative estimate of drug-likeness (QED) is 0.308. The van der Waals surface area contributed by atoms with Gasteiger partial charge in [0.25, 0.3) is 0 Å². The normalized spacial score (nSPS) is 17.1. The van der Waals surface area contributed by atoms with Crippen molar-refractivity contribution in [2.45, 2.75) is 57.3 Å². The van der Waals surface area contributed by atoms with Crippen LogP contribution in [-0.4, -0.2) is 41.7 Å². The number of likely N-dealkylation sites (tertiary alicyclic amines) is 1. The Bertz CT molecular complexity index is 1230. The van der Waals surface area contributed by atoms with Crippen LogP contribution in [0.2, 0.25) is 10.0 Å². The Kier molecular flexibility index (Phi) is 9.37. The summed E-state index contributed by atoms with van der Waals surface area (Å²) in [7, 11) is 0. The van der Waals surface area contributed by atoms with E-state index in [9.17, 15) is 9.90 Å². The van der Waals surface area contributed by atoms with Crippen LogP contribution in [0.4, 0.5) is 0 Å². The van der Waals surface area contributed by atoms with Crippen LogP contribution in [0.5, 0.6) is 5.75 Å². The summed E-state index contributed by atoms with van der Waals surface area (Å²) in [6.45, 7) is 7.62. The summed E-state index contributed by atoms with van der Waals surface area (Å²) in [6.07, 6.45) is 1.26. The lowest BCUT2D eigenvalue weighted by Gasteiger charge is -2.42. The van der Waals surface area contributed by atoms with Gasteiger partial charge in [0, 0.05) is 19.6 Å². The number of rotatable bonds is 9. The highest BCUT2D eigenvalue weighted by molar-refractivity contribution is 6.42. The Morgan fingerprint density at radius 3 is 2.32 bits per heavy atom. The number of hydrogen-bond acceptors (Lipinski definition) is 4. The first-order chi connectivity index (χ1) is 18.2. The van der Waals surface area contributed by atoms with Gasteiger partial charge in [-0.15, -0.1) is 0 Å². The number of hydrogen-bond donors (Lipinski definition) is 2. The Morgan fingerprint density at radius 2 is 1.66 bits per heavy atom. The van der Waals surface area contributed by atoms with E-state index in [1.165, 1.54) is 0 Å². The van der Waals surface area contributed by atoms with Crippen LogP contribution in [0, 0.1) is 0 Å². The van der Waals surface area contributed by atoms with E-state index in [1.54, 1.807) is 6.07 Å².